The Morgan fingerprint density at radius 1 is 0.909 bits per heavy atom. The van der Waals surface area contributed by atoms with Crippen molar-refractivity contribution in [1.29, 1.82) is 0 Å². The van der Waals surface area contributed by atoms with E-state index < -0.39 is 0 Å². The minimum Gasteiger partial charge on any atom is -0.306 e. The zero-order valence-corrected chi connectivity index (χ0v) is 13.5. The molecule has 0 aliphatic carbocycles. The number of carbonyl (C=O) groups excluding carboxylic acids is 1. The zero-order valence-electron chi connectivity index (χ0n) is 13.5. The molecule has 2 rings (SSSR count). The van der Waals surface area contributed by atoms with Crippen LogP contribution in [-0.2, 0) is 4.79 Å². The van der Waals surface area contributed by atoms with Gasteiger partial charge in [-0.3, -0.25) is 4.79 Å². The maximum atomic E-state index is 11.1. The van der Waals surface area contributed by atoms with E-state index in [1.165, 1.54) is 11.1 Å². The SMILES string of the molecule is CC(=O)CCN(C)CCC(c1ccccc1)c1ccccc1. The van der Waals surface area contributed by atoms with E-state index in [1.54, 1.807) is 6.92 Å². The van der Waals surface area contributed by atoms with E-state index in [1.807, 2.05) is 0 Å². The molecule has 2 heteroatoms. The summed E-state index contributed by atoms with van der Waals surface area (Å²) >= 11 is 0. The third-order valence-electron chi connectivity index (χ3n) is 4.05. The molecule has 116 valence electrons. The molecule has 0 aliphatic heterocycles. The summed E-state index contributed by atoms with van der Waals surface area (Å²) in [5.41, 5.74) is 2.71. The lowest BCUT2D eigenvalue weighted by molar-refractivity contribution is -0.117. The lowest BCUT2D eigenvalue weighted by atomic mass is 9.88. The van der Waals surface area contributed by atoms with Crippen molar-refractivity contribution >= 4 is 5.78 Å². The van der Waals surface area contributed by atoms with Gasteiger partial charge in [0.1, 0.15) is 5.78 Å². The molecule has 0 aliphatic rings. The van der Waals surface area contributed by atoms with Crippen LogP contribution in [0.5, 0.6) is 0 Å². The van der Waals surface area contributed by atoms with E-state index >= 15 is 0 Å². The lowest BCUT2D eigenvalue weighted by Crippen LogP contribution is -2.24. The Bertz CT molecular complexity index is 525. The van der Waals surface area contributed by atoms with Gasteiger partial charge in [0, 0.05) is 18.9 Å². The Morgan fingerprint density at radius 3 is 1.86 bits per heavy atom. The topological polar surface area (TPSA) is 20.3 Å². The number of hydrogen-bond donors (Lipinski definition) is 0. The second-order valence-corrected chi connectivity index (χ2v) is 5.92. The van der Waals surface area contributed by atoms with Crippen molar-refractivity contribution < 1.29 is 4.79 Å². The van der Waals surface area contributed by atoms with Crippen molar-refractivity contribution in [2.75, 3.05) is 20.1 Å². The van der Waals surface area contributed by atoms with Crippen molar-refractivity contribution in [3.8, 4) is 0 Å². The number of carbonyl (C=O) groups is 1. The van der Waals surface area contributed by atoms with E-state index in [-0.39, 0.29) is 5.78 Å². The Morgan fingerprint density at radius 2 is 1.41 bits per heavy atom. The standard InChI is InChI=1S/C20H25NO/c1-17(22)13-15-21(2)16-14-20(18-9-5-3-6-10-18)19-11-7-4-8-12-19/h3-12,20H,13-16H2,1-2H3. The fourth-order valence-corrected chi connectivity index (χ4v) is 2.71. The van der Waals surface area contributed by atoms with E-state index in [0.717, 1.165) is 19.5 Å². The number of Topliss-reactive ketones (excluding diaryl/α,β-unsaturated/α-hetero) is 1. The fraction of sp³-hybridized carbons (Fsp3) is 0.350. The van der Waals surface area contributed by atoms with Crippen LogP contribution in [-0.4, -0.2) is 30.8 Å². The monoisotopic (exact) mass is 295 g/mol. The first kappa shape index (κ1) is 16.4. The first-order valence-electron chi connectivity index (χ1n) is 7.94. The summed E-state index contributed by atoms with van der Waals surface area (Å²) in [7, 11) is 2.09. The van der Waals surface area contributed by atoms with Crippen LogP contribution < -0.4 is 0 Å². The van der Waals surface area contributed by atoms with Crippen molar-refractivity contribution in [2.45, 2.75) is 25.7 Å². The molecule has 0 aromatic heterocycles. The molecular formula is C20H25NO. The molecule has 22 heavy (non-hydrogen) atoms. The van der Waals surface area contributed by atoms with Gasteiger partial charge in [-0.2, -0.15) is 0 Å². The number of hydrogen-bond acceptors (Lipinski definition) is 2. The second-order valence-electron chi connectivity index (χ2n) is 5.92. The molecule has 2 aromatic rings. The highest BCUT2D eigenvalue weighted by Gasteiger charge is 2.14. The third-order valence-corrected chi connectivity index (χ3v) is 4.05. The third kappa shape index (κ3) is 5.12. The van der Waals surface area contributed by atoms with Crippen molar-refractivity contribution in [2.24, 2.45) is 0 Å². The molecule has 0 spiro atoms. The summed E-state index contributed by atoms with van der Waals surface area (Å²) in [6.07, 6.45) is 1.69. The number of ketones is 1. The molecule has 0 N–H and O–H groups in total. The molecule has 0 atom stereocenters. The molecule has 2 aromatic carbocycles. The minimum absolute atomic E-state index is 0.259. The summed E-state index contributed by atoms with van der Waals surface area (Å²) in [6.45, 7) is 3.48. The number of rotatable bonds is 8. The van der Waals surface area contributed by atoms with Crippen LogP contribution in [0.4, 0.5) is 0 Å². The van der Waals surface area contributed by atoms with Crippen LogP contribution >= 0.6 is 0 Å². The highest BCUT2D eigenvalue weighted by atomic mass is 16.1. The van der Waals surface area contributed by atoms with Crippen LogP contribution in [0.1, 0.15) is 36.8 Å². The highest BCUT2D eigenvalue weighted by Crippen LogP contribution is 2.27. The first-order valence-corrected chi connectivity index (χ1v) is 7.94. The number of nitrogens with zero attached hydrogens (tertiary/aromatic N) is 1. The van der Waals surface area contributed by atoms with Gasteiger partial charge >= 0.3 is 0 Å². The molecule has 0 saturated heterocycles. The molecule has 0 radical (unpaired) electrons. The fourth-order valence-electron chi connectivity index (χ4n) is 2.71. The predicted octanol–water partition coefficient (Wildman–Crippen LogP) is 4.12. The van der Waals surface area contributed by atoms with Gasteiger partial charge in [0.25, 0.3) is 0 Å². The van der Waals surface area contributed by atoms with Gasteiger partial charge in [-0.15, -0.1) is 0 Å². The van der Waals surface area contributed by atoms with Gasteiger partial charge in [0.15, 0.2) is 0 Å². The second kappa shape index (κ2) is 8.50. The van der Waals surface area contributed by atoms with Gasteiger partial charge in [-0.1, -0.05) is 60.7 Å². The largest absolute Gasteiger partial charge is 0.306 e. The van der Waals surface area contributed by atoms with Gasteiger partial charge in [-0.25, -0.2) is 0 Å². The summed E-state index contributed by atoms with van der Waals surface area (Å²) in [5, 5.41) is 0. The highest BCUT2D eigenvalue weighted by molar-refractivity contribution is 5.75. The average molecular weight is 295 g/mol. The summed E-state index contributed by atoms with van der Waals surface area (Å²) < 4.78 is 0. The van der Waals surface area contributed by atoms with Crippen LogP contribution in [0.25, 0.3) is 0 Å². The number of benzene rings is 2. The smallest absolute Gasteiger partial charge is 0.131 e. The molecule has 2 nitrogen and oxygen atoms in total. The Labute approximate surface area is 133 Å². The summed E-state index contributed by atoms with van der Waals surface area (Å²) in [5.74, 6) is 0.664. The van der Waals surface area contributed by atoms with E-state index in [0.29, 0.717) is 12.3 Å². The molecule has 0 amide bonds. The van der Waals surface area contributed by atoms with Crippen LogP contribution in [0.2, 0.25) is 0 Å². The summed E-state index contributed by atoms with van der Waals surface area (Å²) in [6, 6.07) is 21.3. The van der Waals surface area contributed by atoms with Gasteiger partial charge in [-0.05, 0) is 38.1 Å². The van der Waals surface area contributed by atoms with Crippen LogP contribution in [0.3, 0.4) is 0 Å². The molecular weight excluding hydrogens is 270 g/mol. The van der Waals surface area contributed by atoms with Gasteiger partial charge in [0.05, 0.1) is 0 Å². The maximum Gasteiger partial charge on any atom is 0.131 e. The van der Waals surface area contributed by atoms with Crippen molar-refractivity contribution in [3.05, 3.63) is 71.8 Å². The lowest BCUT2D eigenvalue weighted by Gasteiger charge is -2.22. The van der Waals surface area contributed by atoms with Crippen molar-refractivity contribution in [1.82, 2.24) is 4.90 Å². The van der Waals surface area contributed by atoms with E-state index in [4.69, 9.17) is 0 Å². The Balaban J connectivity index is 2.05. The molecule has 0 saturated carbocycles. The molecule has 0 fully saturated rings. The van der Waals surface area contributed by atoms with Crippen LogP contribution in [0.15, 0.2) is 60.7 Å². The molecule has 0 unspecified atom stereocenters. The minimum atomic E-state index is 0.259. The van der Waals surface area contributed by atoms with E-state index in [9.17, 15) is 4.79 Å². The van der Waals surface area contributed by atoms with Gasteiger partial charge < -0.3 is 4.90 Å². The molecule has 0 heterocycles. The molecule has 0 bridgehead atoms. The van der Waals surface area contributed by atoms with Crippen molar-refractivity contribution in [3.63, 3.8) is 0 Å². The van der Waals surface area contributed by atoms with E-state index in [2.05, 4.69) is 72.6 Å². The Kier molecular flexibility index (Phi) is 6.35. The summed E-state index contributed by atoms with van der Waals surface area (Å²) in [4.78, 5) is 13.4. The maximum absolute atomic E-state index is 11.1. The quantitative estimate of drug-likeness (QED) is 0.730. The Hall–Kier alpha value is -1.93. The zero-order chi connectivity index (χ0) is 15.8. The first-order chi connectivity index (χ1) is 10.7. The predicted molar refractivity (Wildman–Crippen MR) is 92.1 cm³/mol. The average Bonchev–Trinajstić information content (AvgIpc) is 2.55. The van der Waals surface area contributed by atoms with Gasteiger partial charge in [0.2, 0.25) is 0 Å². The van der Waals surface area contributed by atoms with Crippen LogP contribution in [0, 0.1) is 0 Å². The normalized spacial score (nSPS) is 11.1.